The lowest BCUT2D eigenvalue weighted by Gasteiger charge is -2.26. The van der Waals surface area contributed by atoms with Crippen LogP contribution in [-0.4, -0.2) is 50.6 Å². The van der Waals surface area contributed by atoms with Gasteiger partial charge in [0, 0.05) is 26.0 Å². The molecule has 1 aromatic carbocycles. The van der Waals surface area contributed by atoms with E-state index in [1.54, 1.807) is 22.6 Å². The van der Waals surface area contributed by atoms with Crippen molar-refractivity contribution in [2.24, 2.45) is 0 Å². The lowest BCUT2D eigenvalue weighted by molar-refractivity contribution is 0.0718. The quantitative estimate of drug-likeness (QED) is 0.672. The minimum Gasteiger partial charge on any atom is -0.383 e. The van der Waals surface area contributed by atoms with Crippen LogP contribution >= 0.6 is 0 Å². The number of ether oxygens (including phenoxy) is 1. The average Bonchev–Trinajstić information content (AvgIpc) is 3.23. The van der Waals surface area contributed by atoms with Crippen LogP contribution in [0.25, 0.3) is 10.9 Å². The average molecular weight is 379 g/mol. The normalized spacial score (nSPS) is 16.6. The molecule has 0 N–H and O–H groups in total. The Balaban J connectivity index is 1.80. The number of nitrogens with zero attached hydrogens (tertiary/aromatic N) is 5. The van der Waals surface area contributed by atoms with Gasteiger partial charge in [0.25, 0.3) is 11.5 Å². The molecule has 0 spiro atoms. The highest BCUT2D eigenvalue weighted by atomic mass is 16.5. The molecule has 1 unspecified atom stereocenters. The van der Waals surface area contributed by atoms with E-state index in [0.717, 1.165) is 12.8 Å². The van der Waals surface area contributed by atoms with E-state index >= 15 is 0 Å². The maximum absolute atomic E-state index is 13.1. The van der Waals surface area contributed by atoms with Gasteiger partial charge in [-0.15, -0.1) is 0 Å². The molecular formula is C20H21N5O3. The molecule has 1 atom stereocenters. The number of carbonyl (C=O) groups is 1. The van der Waals surface area contributed by atoms with E-state index in [4.69, 9.17) is 9.72 Å². The second-order valence-electron chi connectivity index (χ2n) is 6.68. The van der Waals surface area contributed by atoms with E-state index in [1.165, 1.54) is 18.6 Å². The van der Waals surface area contributed by atoms with E-state index in [0.29, 0.717) is 42.1 Å². The first-order valence-electron chi connectivity index (χ1n) is 9.26. The Bertz CT molecular complexity index is 1050. The first kappa shape index (κ1) is 18.2. The summed E-state index contributed by atoms with van der Waals surface area (Å²) in [6.07, 6.45) is 6.07. The Morgan fingerprint density at radius 2 is 2.14 bits per heavy atom. The van der Waals surface area contributed by atoms with Crippen molar-refractivity contribution >= 4 is 16.8 Å². The fourth-order valence-corrected chi connectivity index (χ4v) is 3.67. The number of fused-ring (bicyclic) bond motifs is 1. The van der Waals surface area contributed by atoms with Gasteiger partial charge in [0.05, 0.1) is 36.3 Å². The number of hydrogen-bond acceptors (Lipinski definition) is 6. The van der Waals surface area contributed by atoms with Gasteiger partial charge in [-0.3, -0.25) is 19.1 Å². The smallest absolute Gasteiger partial charge is 0.274 e. The number of benzene rings is 1. The lowest BCUT2D eigenvalue weighted by atomic mass is 10.1. The zero-order valence-electron chi connectivity index (χ0n) is 15.6. The summed E-state index contributed by atoms with van der Waals surface area (Å²) in [6, 6.07) is 6.99. The highest BCUT2D eigenvalue weighted by Gasteiger charge is 2.34. The molecule has 0 bridgehead atoms. The molecule has 144 valence electrons. The lowest BCUT2D eigenvalue weighted by Crippen LogP contribution is -2.36. The van der Waals surface area contributed by atoms with Crippen LogP contribution in [0.2, 0.25) is 0 Å². The summed E-state index contributed by atoms with van der Waals surface area (Å²) in [4.78, 5) is 40.7. The fraction of sp³-hybridized carbons (Fsp3) is 0.350. The van der Waals surface area contributed by atoms with Crippen LogP contribution in [0.15, 0.2) is 47.7 Å². The molecule has 2 aromatic heterocycles. The Morgan fingerprint density at radius 1 is 1.29 bits per heavy atom. The summed E-state index contributed by atoms with van der Waals surface area (Å²) >= 11 is 0. The zero-order chi connectivity index (χ0) is 19.5. The van der Waals surface area contributed by atoms with E-state index < -0.39 is 0 Å². The molecule has 0 saturated carbocycles. The highest BCUT2D eigenvalue weighted by molar-refractivity contribution is 5.92. The topological polar surface area (TPSA) is 90.2 Å². The molecule has 0 aliphatic carbocycles. The molecule has 1 fully saturated rings. The Hall–Kier alpha value is -3.13. The molecule has 28 heavy (non-hydrogen) atoms. The number of para-hydroxylation sites is 1. The number of methoxy groups -OCH3 is 1. The van der Waals surface area contributed by atoms with Crippen molar-refractivity contribution in [3.8, 4) is 0 Å². The van der Waals surface area contributed by atoms with Gasteiger partial charge < -0.3 is 9.64 Å². The SMILES string of the molecule is COCCn1c(C2CCCN2C(=O)c2cnccn2)nc2ccccc2c1=O. The minimum atomic E-state index is -0.288. The van der Waals surface area contributed by atoms with E-state index in [1.807, 2.05) is 18.2 Å². The molecule has 0 radical (unpaired) electrons. The van der Waals surface area contributed by atoms with Crippen LogP contribution in [0.3, 0.4) is 0 Å². The van der Waals surface area contributed by atoms with E-state index in [-0.39, 0.29) is 17.5 Å². The van der Waals surface area contributed by atoms with Crippen LogP contribution in [0, 0.1) is 0 Å². The molecule has 4 rings (SSSR count). The van der Waals surface area contributed by atoms with Crippen molar-refractivity contribution in [3.63, 3.8) is 0 Å². The number of hydrogen-bond donors (Lipinski definition) is 0. The largest absolute Gasteiger partial charge is 0.383 e. The van der Waals surface area contributed by atoms with Crippen LogP contribution in [0.5, 0.6) is 0 Å². The van der Waals surface area contributed by atoms with Crippen molar-refractivity contribution in [2.75, 3.05) is 20.3 Å². The number of amides is 1. The molecule has 1 aliphatic heterocycles. The molecular weight excluding hydrogens is 358 g/mol. The first-order valence-corrected chi connectivity index (χ1v) is 9.26. The first-order chi connectivity index (χ1) is 13.7. The number of rotatable bonds is 5. The molecule has 3 heterocycles. The Labute approximate surface area is 161 Å². The monoisotopic (exact) mass is 379 g/mol. The number of aromatic nitrogens is 4. The Kier molecular flexibility index (Phi) is 5.12. The van der Waals surface area contributed by atoms with Gasteiger partial charge in [0.15, 0.2) is 0 Å². The van der Waals surface area contributed by atoms with E-state index in [2.05, 4.69) is 9.97 Å². The van der Waals surface area contributed by atoms with Gasteiger partial charge in [-0.2, -0.15) is 0 Å². The fourth-order valence-electron chi connectivity index (χ4n) is 3.67. The predicted octanol–water partition coefficient (Wildman–Crippen LogP) is 1.81. The van der Waals surface area contributed by atoms with Crippen molar-refractivity contribution in [1.82, 2.24) is 24.4 Å². The third-order valence-corrected chi connectivity index (χ3v) is 5.00. The van der Waals surface area contributed by atoms with Gasteiger partial charge in [-0.25, -0.2) is 9.97 Å². The predicted molar refractivity (Wildman–Crippen MR) is 103 cm³/mol. The third kappa shape index (κ3) is 3.27. The summed E-state index contributed by atoms with van der Waals surface area (Å²) in [5, 5.41) is 0.562. The number of likely N-dealkylation sites (tertiary alicyclic amines) is 1. The van der Waals surface area contributed by atoms with Crippen LogP contribution < -0.4 is 5.56 Å². The van der Waals surface area contributed by atoms with Crippen molar-refractivity contribution in [2.45, 2.75) is 25.4 Å². The summed E-state index contributed by atoms with van der Waals surface area (Å²) in [5.41, 5.74) is 0.812. The molecule has 8 nitrogen and oxygen atoms in total. The van der Waals surface area contributed by atoms with Crippen molar-refractivity contribution in [3.05, 3.63) is 64.7 Å². The third-order valence-electron chi connectivity index (χ3n) is 5.00. The van der Waals surface area contributed by atoms with Crippen LogP contribution in [0.1, 0.15) is 35.2 Å². The minimum absolute atomic E-state index is 0.114. The summed E-state index contributed by atoms with van der Waals surface area (Å²) in [7, 11) is 1.60. The summed E-state index contributed by atoms with van der Waals surface area (Å²) in [6.45, 7) is 1.36. The Morgan fingerprint density at radius 3 is 2.93 bits per heavy atom. The van der Waals surface area contributed by atoms with Gasteiger partial charge in [0.2, 0.25) is 0 Å². The van der Waals surface area contributed by atoms with Gasteiger partial charge in [0.1, 0.15) is 11.5 Å². The molecule has 1 saturated heterocycles. The second kappa shape index (κ2) is 7.85. The van der Waals surface area contributed by atoms with Crippen molar-refractivity contribution < 1.29 is 9.53 Å². The molecule has 1 amide bonds. The second-order valence-corrected chi connectivity index (χ2v) is 6.68. The summed E-state index contributed by atoms with van der Waals surface area (Å²) in [5.74, 6) is 0.395. The van der Waals surface area contributed by atoms with Gasteiger partial charge in [-0.05, 0) is 25.0 Å². The molecule has 1 aliphatic rings. The van der Waals surface area contributed by atoms with E-state index in [9.17, 15) is 9.59 Å². The number of carbonyl (C=O) groups excluding carboxylic acids is 1. The van der Waals surface area contributed by atoms with Gasteiger partial charge in [-0.1, -0.05) is 12.1 Å². The standard InChI is InChI=1S/C20H21N5O3/c1-28-12-11-25-18(23-15-6-3-2-5-14(15)19(25)26)17-7-4-10-24(17)20(27)16-13-21-8-9-22-16/h2-3,5-6,8-9,13,17H,4,7,10-12H2,1H3. The maximum Gasteiger partial charge on any atom is 0.274 e. The van der Waals surface area contributed by atoms with Gasteiger partial charge >= 0.3 is 0 Å². The van der Waals surface area contributed by atoms with Crippen LogP contribution in [0.4, 0.5) is 0 Å². The van der Waals surface area contributed by atoms with Crippen molar-refractivity contribution in [1.29, 1.82) is 0 Å². The maximum atomic E-state index is 13.1. The molecule has 8 heteroatoms. The summed E-state index contributed by atoms with van der Waals surface area (Å²) < 4.78 is 6.83. The zero-order valence-corrected chi connectivity index (χ0v) is 15.6. The molecule has 3 aromatic rings. The van der Waals surface area contributed by atoms with Crippen LogP contribution in [-0.2, 0) is 11.3 Å². The highest BCUT2D eigenvalue weighted by Crippen LogP contribution is 2.32.